The minimum atomic E-state index is -0.766. The average molecular weight is 586 g/mol. The van der Waals surface area contributed by atoms with E-state index in [9.17, 15) is 19.5 Å². The van der Waals surface area contributed by atoms with Gasteiger partial charge in [0.1, 0.15) is 12.6 Å². The third-order valence-electron chi connectivity index (χ3n) is 7.77. The van der Waals surface area contributed by atoms with Crippen molar-refractivity contribution in [2.75, 3.05) is 19.8 Å². The predicted octanol–water partition coefficient (Wildman–Crippen LogP) is 3.79. The minimum absolute atomic E-state index is 0.0256. The van der Waals surface area contributed by atoms with Gasteiger partial charge in [0, 0.05) is 22.7 Å². The molecule has 3 rings (SSSR count). The van der Waals surface area contributed by atoms with E-state index in [4.69, 9.17) is 4.74 Å². The van der Waals surface area contributed by atoms with Crippen LogP contribution in [-0.4, -0.2) is 85.4 Å². The van der Waals surface area contributed by atoms with Crippen LogP contribution in [0.4, 0.5) is 0 Å². The Morgan fingerprint density at radius 1 is 1.33 bits per heavy atom. The summed E-state index contributed by atoms with van der Waals surface area (Å²) in [7, 11) is 0. The number of fused-ring (bicyclic) bond motifs is 1. The number of amides is 2. The lowest BCUT2D eigenvalue weighted by atomic mass is 9.71. The van der Waals surface area contributed by atoms with Crippen molar-refractivity contribution in [1.82, 2.24) is 9.80 Å². The van der Waals surface area contributed by atoms with Gasteiger partial charge in [0.15, 0.2) is 0 Å². The molecule has 0 aliphatic carbocycles. The zero-order valence-corrected chi connectivity index (χ0v) is 24.3. The summed E-state index contributed by atoms with van der Waals surface area (Å²) in [6, 6.07) is -1.29. The molecule has 8 atom stereocenters. The number of thioether (sulfide) groups is 1. The van der Waals surface area contributed by atoms with Crippen LogP contribution in [0.25, 0.3) is 0 Å². The summed E-state index contributed by atoms with van der Waals surface area (Å²) in [5.41, 5.74) is 0. The van der Waals surface area contributed by atoms with Crippen molar-refractivity contribution in [3.8, 4) is 0 Å². The highest BCUT2D eigenvalue weighted by molar-refractivity contribution is 9.09. The lowest BCUT2D eigenvalue weighted by Crippen LogP contribution is -2.59. The van der Waals surface area contributed by atoms with Gasteiger partial charge in [-0.25, -0.2) is 0 Å². The third kappa shape index (κ3) is 5.04. The van der Waals surface area contributed by atoms with E-state index in [0.717, 1.165) is 12.8 Å². The molecule has 3 aliphatic rings. The van der Waals surface area contributed by atoms with Gasteiger partial charge in [-0.05, 0) is 32.1 Å². The average Bonchev–Trinajstić information content (AvgIpc) is 3.42. The van der Waals surface area contributed by atoms with Crippen LogP contribution in [0, 0.1) is 17.8 Å². The molecule has 1 N–H and O–H groups in total. The first-order valence-corrected chi connectivity index (χ1v) is 14.8. The molecule has 2 amide bonds. The molecule has 36 heavy (non-hydrogen) atoms. The molecule has 7 nitrogen and oxygen atoms in total. The number of aliphatic hydroxyl groups is 1. The summed E-state index contributed by atoms with van der Waals surface area (Å²) >= 11 is 5.35. The number of likely N-dealkylation sites (tertiary alicyclic amines) is 1. The van der Waals surface area contributed by atoms with Crippen molar-refractivity contribution < 1.29 is 24.2 Å². The Morgan fingerprint density at radius 2 is 2.03 bits per heavy atom. The fourth-order valence-electron chi connectivity index (χ4n) is 6.42. The second kappa shape index (κ2) is 12.0. The molecule has 0 aromatic carbocycles. The normalized spacial score (nSPS) is 32.4. The number of carbonyl (C=O) groups is 3. The van der Waals surface area contributed by atoms with E-state index < -0.39 is 34.6 Å². The van der Waals surface area contributed by atoms with Crippen LogP contribution in [0.5, 0.6) is 0 Å². The second-order valence-corrected chi connectivity index (χ2v) is 13.4. The third-order valence-corrected chi connectivity index (χ3v) is 11.0. The monoisotopic (exact) mass is 584 g/mol. The standard InChI is InChI=1S/C27H41BrN2O5S/c1-7-10-17(6)29(11-8-2)25(33)23-27-14-19(28)22(36-27)20(26(34)35-12-9-3)21(27)24(32)30(23)18(15-31)13-16(4)5/h8-9,16-23,31H,2-3,7,10-15H2,1,4-6H3/t17?,18-,19?,20-,21+,22-,23?,27?/m1/s1. The molecule has 0 saturated carbocycles. The van der Waals surface area contributed by atoms with E-state index in [1.54, 1.807) is 22.7 Å². The van der Waals surface area contributed by atoms with Gasteiger partial charge < -0.3 is 19.6 Å². The van der Waals surface area contributed by atoms with E-state index in [0.29, 0.717) is 19.4 Å². The number of aliphatic hydroxyl groups excluding tert-OH is 1. The smallest absolute Gasteiger partial charge is 0.311 e. The van der Waals surface area contributed by atoms with Crippen LogP contribution in [-0.2, 0) is 19.1 Å². The Bertz CT molecular complexity index is 869. The fourth-order valence-corrected chi connectivity index (χ4v) is 10.0. The van der Waals surface area contributed by atoms with Crippen molar-refractivity contribution in [2.45, 2.75) is 86.3 Å². The number of esters is 1. The van der Waals surface area contributed by atoms with Gasteiger partial charge in [0.05, 0.1) is 29.2 Å². The van der Waals surface area contributed by atoms with Gasteiger partial charge >= 0.3 is 5.97 Å². The number of halogens is 1. The van der Waals surface area contributed by atoms with Crippen LogP contribution in [0.3, 0.4) is 0 Å². The number of rotatable bonds is 13. The van der Waals surface area contributed by atoms with Crippen molar-refractivity contribution in [3.63, 3.8) is 0 Å². The lowest BCUT2D eigenvalue weighted by molar-refractivity contribution is -0.153. The molecule has 0 radical (unpaired) electrons. The Hall–Kier alpha value is -1.32. The summed E-state index contributed by atoms with van der Waals surface area (Å²) in [6.07, 6.45) is 6.16. The summed E-state index contributed by atoms with van der Waals surface area (Å²) in [4.78, 5) is 45.3. The van der Waals surface area contributed by atoms with Crippen LogP contribution in [0.2, 0.25) is 0 Å². The lowest BCUT2D eigenvalue weighted by Gasteiger charge is -2.41. The first-order chi connectivity index (χ1) is 17.1. The van der Waals surface area contributed by atoms with Crippen LogP contribution in [0.15, 0.2) is 25.3 Å². The quantitative estimate of drug-likeness (QED) is 0.201. The van der Waals surface area contributed by atoms with E-state index >= 15 is 0 Å². The van der Waals surface area contributed by atoms with Gasteiger partial charge in [-0.2, -0.15) is 0 Å². The number of ether oxygens (including phenoxy) is 1. The number of hydrogen-bond donors (Lipinski definition) is 1. The molecule has 202 valence electrons. The number of carbonyl (C=O) groups excluding carboxylic acids is 3. The fraction of sp³-hybridized carbons (Fsp3) is 0.741. The highest BCUT2D eigenvalue weighted by atomic mass is 79.9. The summed E-state index contributed by atoms with van der Waals surface area (Å²) in [5, 5.41) is 10.2. The van der Waals surface area contributed by atoms with Crippen LogP contribution in [0.1, 0.15) is 53.4 Å². The Kier molecular flexibility index (Phi) is 9.77. The zero-order chi connectivity index (χ0) is 26.8. The van der Waals surface area contributed by atoms with Crippen LogP contribution >= 0.6 is 27.7 Å². The molecule has 4 unspecified atom stereocenters. The summed E-state index contributed by atoms with van der Waals surface area (Å²) < 4.78 is 4.68. The zero-order valence-electron chi connectivity index (χ0n) is 21.9. The first kappa shape index (κ1) is 29.2. The minimum Gasteiger partial charge on any atom is -0.461 e. The van der Waals surface area contributed by atoms with Gasteiger partial charge in [0.25, 0.3) is 0 Å². The molecule has 3 fully saturated rings. The van der Waals surface area contributed by atoms with Gasteiger partial charge in [-0.1, -0.05) is 61.9 Å². The maximum atomic E-state index is 14.4. The predicted molar refractivity (Wildman–Crippen MR) is 147 cm³/mol. The summed E-state index contributed by atoms with van der Waals surface area (Å²) in [6.45, 7) is 15.9. The van der Waals surface area contributed by atoms with Crippen molar-refractivity contribution in [3.05, 3.63) is 25.3 Å². The molecular formula is C27H41BrN2O5S. The van der Waals surface area contributed by atoms with E-state index in [1.165, 1.54) is 6.08 Å². The SMILES string of the molecule is C=CCOC(=O)[C@H]1[C@@H]2SC3(CC2Br)C(C(=O)N(CC=C)C(C)CCC)N([C@@H](CO)CC(C)C)C(=O)[C@H]13. The van der Waals surface area contributed by atoms with Crippen molar-refractivity contribution in [2.24, 2.45) is 17.8 Å². The topological polar surface area (TPSA) is 87.2 Å². The molecule has 3 heterocycles. The largest absolute Gasteiger partial charge is 0.461 e. The summed E-state index contributed by atoms with van der Waals surface area (Å²) in [5.74, 6) is -1.86. The Balaban J connectivity index is 2.12. The number of nitrogens with zero attached hydrogens (tertiary/aromatic N) is 2. The second-order valence-electron chi connectivity index (χ2n) is 10.7. The van der Waals surface area contributed by atoms with E-state index in [-0.39, 0.29) is 47.1 Å². The maximum absolute atomic E-state index is 14.4. The van der Waals surface area contributed by atoms with E-state index in [2.05, 4.69) is 36.0 Å². The highest BCUT2D eigenvalue weighted by Gasteiger charge is 2.76. The molecule has 3 aliphatic heterocycles. The van der Waals surface area contributed by atoms with Crippen molar-refractivity contribution >= 4 is 45.5 Å². The Morgan fingerprint density at radius 3 is 2.58 bits per heavy atom. The van der Waals surface area contributed by atoms with Gasteiger partial charge in [0.2, 0.25) is 11.8 Å². The molecule has 9 heteroatoms. The molecule has 0 aromatic rings. The van der Waals surface area contributed by atoms with E-state index in [1.807, 2.05) is 25.7 Å². The number of hydrogen-bond acceptors (Lipinski definition) is 6. The van der Waals surface area contributed by atoms with Crippen molar-refractivity contribution in [1.29, 1.82) is 0 Å². The van der Waals surface area contributed by atoms with Gasteiger partial charge in [-0.3, -0.25) is 14.4 Å². The molecule has 0 aromatic heterocycles. The molecular weight excluding hydrogens is 544 g/mol. The molecule has 3 saturated heterocycles. The molecule has 2 bridgehead atoms. The first-order valence-electron chi connectivity index (χ1n) is 13.0. The highest BCUT2D eigenvalue weighted by Crippen LogP contribution is 2.68. The van der Waals surface area contributed by atoms with Crippen LogP contribution < -0.4 is 0 Å². The molecule has 1 spiro atoms. The number of alkyl halides is 1. The van der Waals surface area contributed by atoms with Gasteiger partial charge in [-0.15, -0.1) is 18.3 Å². The maximum Gasteiger partial charge on any atom is 0.311 e. The Labute approximate surface area is 228 Å².